The molecule has 0 spiro atoms. The van der Waals surface area contributed by atoms with Gasteiger partial charge in [-0.1, -0.05) is 48.5 Å². The number of nitrogens with one attached hydrogen (secondary N) is 1. The predicted molar refractivity (Wildman–Crippen MR) is 110 cm³/mol. The summed E-state index contributed by atoms with van der Waals surface area (Å²) < 4.78 is 7.35. The minimum Gasteiger partial charge on any atom is -0.485 e. The molecule has 0 aliphatic rings. The molecule has 0 saturated carbocycles. The van der Waals surface area contributed by atoms with Crippen LogP contribution in [-0.2, 0) is 6.61 Å². The molecular formula is C22H19N5O2. The molecule has 29 heavy (non-hydrogen) atoms. The zero-order valence-electron chi connectivity index (χ0n) is 15.5. The zero-order chi connectivity index (χ0) is 20.1. The summed E-state index contributed by atoms with van der Waals surface area (Å²) in [4.78, 5) is 16.2. The normalized spacial score (nSPS) is 10.5. The van der Waals surface area contributed by atoms with E-state index in [0.29, 0.717) is 18.2 Å². The number of nitrogens with zero attached hydrogens (tertiary/aromatic N) is 3. The van der Waals surface area contributed by atoms with E-state index in [1.807, 2.05) is 66.7 Å². The van der Waals surface area contributed by atoms with Crippen LogP contribution >= 0.6 is 0 Å². The molecule has 0 aliphatic carbocycles. The third-order valence-electron chi connectivity index (χ3n) is 4.21. The second kappa shape index (κ2) is 8.26. The molecule has 0 unspecified atom stereocenters. The lowest BCUT2D eigenvalue weighted by molar-refractivity contribution is 0.0991. The minimum atomic E-state index is -0.650. The van der Waals surface area contributed by atoms with Crippen LogP contribution in [0.1, 0.15) is 16.1 Å². The summed E-state index contributed by atoms with van der Waals surface area (Å²) in [7, 11) is 0. The third-order valence-corrected chi connectivity index (χ3v) is 4.21. The molecule has 2 heterocycles. The molecule has 3 N–H and O–H groups in total. The average Bonchev–Trinajstić information content (AvgIpc) is 3.19. The van der Waals surface area contributed by atoms with E-state index >= 15 is 0 Å². The van der Waals surface area contributed by atoms with E-state index in [2.05, 4.69) is 15.4 Å². The van der Waals surface area contributed by atoms with Crippen LogP contribution in [0, 0.1) is 0 Å². The van der Waals surface area contributed by atoms with Gasteiger partial charge in [0.05, 0.1) is 11.9 Å². The van der Waals surface area contributed by atoms with Gasteiger partial charge in [-0.2, -0.15) is 5.10 Å². The molecule has 0 radical (unpaired) electrons. The summed E-state index contributed by atoms with van der Waals surface area (Å²) >= 11 is 0. The number of rotatable bonds is 7. The number of primary amides is 1. The van der Waals surface area contributed by atoms with Crippen LogP contribution in [0.4, 0.5) is 11.5 Å². The van der Waals surface area contributed by atoms with Crippen molar-refractivity contribution in [2.24, 2.45) is 5.73 Å². The molecule has 2 aromatic carbocycles. The fraction of sp³-hybridized carbons (Fsp3) is 0.0455. The molecule has 4 rings (SSSR count). The first-order valence-corrected chi connectivity index (χ1v) is 9.04. The van der Waals surface area contributed by atoms with Gasteiger partial charge in [0.25, 0.3) is 5.91 Å². The SMILES string of the molecule is NC(=O)c1nn(-c2ccnc(Nc3ccccc3)c2)cc1OCc1ccccc1. The van der Waals surface area contributed by atoms with E-state index in [9.17, 15) is 4.79 Å². The highest BCUT2D eigenvalue weighted by Gasteiger charge is 2.17. The first kappa shape index (κ1) is 18.2. The number of carbonyl (C=O) groups is 1. The highest BCUT2D eigenvalue weighted by atomic mass is 16.5. The standard InChI is InChI=1S/C22H19N5O2/c23-22(28)21-19(29-15-16-7-3-1-4-8-16)14-27(26-21)18-11-12-24-20(13-18)25-17-9-5-2-6-10-17/h1-14H,15H2,(H2,23,28)(H,24,25). The van der Waals surface area contributed by atoms with Crippen molar-refractivity contribution in [2.45, 2.75) is 6.61 Å². The van der Waals surface area contributed by atoms with Gasteiger partial charge in [-0.05, 0) is 23.8 Å². The number of amides is 1. The molecule has 0 fully saturated rings. The second-order valence-corrected chi connectivity index (χ2v) is 6.32. The Hall–Kier alpha value is -4.13. The third kappa shape index (κ3) is 4.41. The Kier molecular flexibility index (Phi) is 5.20. The lowest BCUT2D eigenvalue weighted by Crippen LogP contribution is -2.14. The lowest BCUT2D eigenvalue weighted by Gasteiger charge is -2.07. The maximum atomic E-state index is 11.8. The molecule has 0 saturated heterocycles. The van der Waals surface area contributed by atoms with Crippen molar-refractivity contribution in [1.82, 2.24) is 14.8 Å². The minimum absolute atomic E-state index is 0.0790. The Balaban J connectivity index is 1.58. The number of carbonyl (C=O) groups excluding carboxylic acids is 1. The number of ether oxygens (including phenoxy) is 1. The topological polar surface area (TPSA) is 95.1 Å². The van der Waals surface area contributed by atoms with Crippen LogP contribution in [0.5, 0.6) is 5.75 Å². The summed E-state index contributed by atoms with van der Waals surface area (Å²) in [6.45, 7) is 0.309. The maximum Gasteiger partial charge on any atom is 0.273 e. The number of para-hydroxylation sites is 1. The monoisotopic (exact) mass is 385 g/mol. The van der Waals surface area contributed by atoms with E-state index in [1.54, 1.807) is 23.1 Å². The van der Waals surface area contributed by atoms with Gasteiger partial charge < -0.3 is 15.8 Å². The quantitative estimate of drug-likeness (QED) is 0.506. The summed E-state index contributed by atoms with van der Waals surface area (Å²) in [6, 6.07) is 23.0. The van der Waals surface area contributed by atoms with Crippen molar-refractivity contribution in [3.8, 4) is 11.4 Å². The largest absolute Gasteiger partial charge is 0.485 e. The van der Waals surface area contributed by atoms with Crippen LogP contribution in [-0.4, -0.2) is 20.7 Å². The maximum absolute atomic E-state index is 11.8. The predicted octanol–water partition coefficient (Wildman–Crippen LogP) is 3.69. The van der Waals surface area contributed by atoms with Gasteiger partial charge in [-0.25, -0.2) is 9.67 Å². The van der Waals surface area contributed by atoms with Crippen LogP contribution in [0.2, 0.25) is 0 Å². The van der Waals surface area contributed by atoms with E-state index in [0.717, 1.165) is 16.9 Å². The number of benzene rings is 2. The number of pyridine rings is 1. The van der Waals surface area contributed by atoms with Gasteiger partial charge in [0.1, 0.15) is 12.4 Å². The molecule has 0 atom stereocenters. The summed E-state index contributed by atoms with van der Waals surface area (Å²) in [5.41, 5.74) is 8.18. The Bertz CT molecular complexity index is 1110. The smallest absolute Gasteiger partial charge is 0.273 e. The molecular weight excluding hydrogens is 366 g/mol. The van der Waals surface area contributed by atoms with Crippen molar-refractivity contribution in [2.75, 3.05) is 5.32 Å². The summed E-state index contributed by atoms with van der Waals surface area (Å²) in [6.07, 6.45) is 3.31. The van der Waals surface area contributed by atoms with E-state index < -0.39 is 5.91 Å². The highest BCUT2D eigenvalue weighted by molar-refractivity contribution is 5.93. The number of nitrogens with two attached hydrogens (primary N) is 1. The molecule has 7 heteroatoms. The van der Waals surface area contributed by atoms with Crippen LogP contribution < -0.4 is 15.8 Å². The number of aromatic nitrogens is 3. The van der Waals surface area contributed by atoms with Gasteiger partial charge in [0.2, 0.25) is 0 Å². The fourth-order valence-electron chi connectivity index (χ4n) is 2.80. The Labute approximate surface area is 167 Å². The summed E-state index contributed by atoms with van der Waals surface area (Å²) in [5, 5.41) is 7.53. The van der Waals surface area contributed by atoms with Crippen molar-refractivity contribution < 1.29 is 9.53 Å². The molecule has 144 valence electrons. The zero-order valence-corrected chi connectivity index (χ0v) is 15.5. The number of hydrogen-bond acceptors (Lipinski definition) is 5. The van der Waals surface area contributed by atoms with Crippen molar-refractivity contribution in [3.63, 3.8) is 0 Å². The van der Waals surface area contributed by atoms with Gasteiger partial charge in [0, 0.05) is 18.0 Å². The van der Waals surface area contributed by atoms with Crippen molar-refractivity contribution >= 4 is 17.4 Å². The Morgan fingerprint density at radius 1 is 1.03 bits per heavy atom. The lowest BCUT2D eigenvalue weighted by atomic mass is 10.2. The van der Waals surface area contributed by atoms with E-state index in [4.69, 9.17) is 10.5 Å². The molecule has 1 amide bonds. The van der Waals surface area contributed by atoms with Gasteiger partial charge in [-0.15, -0.1) is 0 Å². The summed E-state index contributed by atoms with van der Waals surface area (Å²) in [5.74, 6) is 0.329. The first-order valence-electron chi connectivity index (χ1n) is 9.04. The number of hydrogen-bond donors (Lipinski definition) is 2. The van der Waals surface area contributed by atoms with Gasteiger partial charge in [0.15, 0.2) is 11.4 Å². The molecule has 0 aliphatic heterocycles. The van der Waals surface area contributed by atoms with Crippen LogP contribution in [0.25, 0.3) is 5.69 Å². The van der Waals surface area contributed by atoms with Crippen LogP contribution in [0.3, 0.4) is 0 Å². The molecule has 0 bridgehead atoms. The van der Waals surface area contributed by atoms with E-state index in [-0.39, 0.29) is 5.69 Å². The Morgan fingerprint density at radius 3 is 2.48 bits per heavy atom. The molecule has 7 nitrogen and oxygen atoms in total. The Morgan fingerprint density at radius 2 is 1.76 bits per heavy atom. The van der Waals surface area contributed by atoms with Crippen LogP contribution in [0.15, 0.2) is 85.2 Å². The van der Waals surface area contributed by atoms with Crippen molar-refractivity contribution in [3.05, 3.63) is 96.4 Å². The number of anilines is 2. The first-order chi connectivity index (χ1) is 14.2. The fourth-order valence-corrected chi connectivity index (χ4v) is 2.80. The molecule has 4 aromatic rings. The van der Waals surface area contributed by atoms with Crippen molar-refractivity contribution in [1.29, 1.82) is 0 Å². The molecule has 2 aromatic heterocycles. The highest BCUT2D eigenvalue weighted by Crippen LogP contribution is 2.22. The van der Waals surface area contributed by atoms with Gasteiger partial charge >= 0.3 is 0 Å². The average molecular weight is 385 g/mol. The van der Waals surface area contributed by atoms with Gasteiger partial charge in [-0.3, -0.25) is 4.79 Å². The van der Waals surface area contributed by atoms with E-state index in [1.165, 1.54) is 0 Å². The second-order valence-electron chi connectivity index (χ2n) is 6.32.